The van der Waals surface area contributed by atoms with Crippen LogP contribution in [-0.4, -0.2) is 40.5 Å². The van der Waals surface area contributed by atoms with Crippen molar-refractivity contribution in [2.45, 2.75) is 38.7 Å². The number of aryl methyl sites for hydroxylation is 2. The fraction of sp³-hybridized carbons (Fsp3) is 0.346. The molecule has 5 rings (SSSR count). The zero-order valence-corrected chi connectivity index (χ0v) is 18.4. The number of ether oxygens (including phenoxy) is 1. The number of nitrogens with one attached hydrogen (secondary N) is 1. The third-order valence-electron chi connectivity index (χ3n) is 6.57. The molecule has 1 aromatic heterocycles. The van der Waals surface area contributed by atoms with Crippen LogP contribution in [-0.2, 0) is 4.74 Å². The fourth-order valence-electron chi connectivity index (χ4n) is 4.58. The molecule has 32 heavy (non-hydrogen) atoms. The largest absolute Gasteiger partial charge is 0.370 e. The van der Waals surface area contributed by atoms with Gasteiger partial charge in [0.25, 0.3) is 5.91 Å². The first kappa shape index (κ1) is 20.5. The maximum atomic E-state index is 13.1. The Morgan fingerprint density at radius 1 is 1.19 bits per heavy atom. The number of carbonyl (C=O) groups is 1. The third-order valence-corrected chi connectivity index (χ3v) is 6.57. The molecular formula is C26H26N4O2. The van der Waals surface area contributed by atoms with Crippen LogP contribution >= 0.6 is 0 Å². The number of amides is 1. The summed E-state index contributed by atoms with van der Waals surface area (Å²) in [4.78, 5) is 23.2. The van der Waals surface area contributed by atoms with Crippen LogP contribution < -0.4 is 0 Å². The highest BCUT2D eigenvalue weighted by molar-refractivity contribution is 5.96. The van der Waals surface area contributed by atoms with Gasteiger partial charge in [0.1, 0.15) is 11.9 Å². The summed E-state index contributed by atoms with van der Waals surface area (Å²) < 4.78 is 5.78. The van der Waals surface area contributed by atoms with Crippen molar-refractivity contribution in [3.8, 4) is 17.3 Å². The number of rotatable bonds is 4. The summed E-state index contributed by atoms with van der Waals surface area (Å²) in [5, 5.41) is 8.96. The minimum Gasteiger partial charge on any atom is -0.370 e. The van der Waals surface area contributed by atoms with E-state index < -0.39 is 0 Å². The van der Waals surface area contributed by atoms with Gasteiger partial charge in [-0.25, -0.2) is 4.98 Å². The van der Waals surface area contributed by atoms with Gasteiger partial charge in [-0.1, -0.05) is 18.2 Å². The lowest BCUT2D eigenvalue weighted by Crippen LogP contribution is -2.48. The van der Waals surface area contributed by atoms with Gasteiger partial charge in [-0.2, -0.15) is 5.26 Å². The highest BCUT2D eigenvalue weighted by atomic mass is 16.5. The molecular weight excluding hydrogens is 400 g/mol. The Kier molecular flexibility index (Phi) is 5.28. The Bertz CT molecular complexity index is 1190. The van der Waals surface area contributed by atoms with Crippen LogP contribution in [0, 0.1) is 25.2 Å². The summed E-state index contributed by atoms with van der Waals surface area (Å²) >= 11 is 0. The predicted octanol–water partition coefficient (Wildman–Crippen LogP) is 4.66. The summed E-state index contributed by atoms with van der Waals surface area (Å²) in [5.74, 6) is 1.24. The minimum atomic E-state index is 0.0350. The van der Waals surface area contributed by atoms with E-state index in [4.69, 9.17) is 15.0 Å². The van der Waals surface area contributed by atoms with Crippen LogP contribution in [0.4, 0.5) is 0 Å². The minimum absolute atomic E-state index is 0.0350. The Labute approximate surface area is 187 Å². The average molecular weight is 427 g/mol. The lowest BCUT2D eigenvalue weighted by atomic mass is 9.90. The number of hydrogen-bond donors (Lipinski definition) is 1. The van der Waals surface area contributed by atoms with E-state index in [1.54, 1.807) is 0 Å². The van der Waals surface area contributed by atoms with E-state index in [0.717, 1.165) is 47.8 Å². The number of aromatic amines is 1. The van der Waals surface area contributed by atoms with E-state index in [2.05, 4.69) is 18.0 Å². The molecule has 2 fully saturated rings. The van der Waals surface area contributed by atoms with E-state index in [0.29, 0.717) is 30.1 Å². The van der Waals surface area contributed by atoms with E-state index >= 15 is 0 Å². The zero-order valence-electron chi connectivity index (χ0n) is 18.4. The maximum absolute atomic E-state index is 13.1. The van der Waals surface area contributed by atoms with Gasteiger partial charge in [0.2, 0.25) is 0 Å². The topological polar surface area (TPSA) is 82.0 Å². The Hall–Kier alpha value is -3.43. The maximum Gasteiger partial charge on any atom is 0.253 e. The van der Waals surface area contributed by atoms with Crippen LogP contribution in [0.1, 0.15) is 63.4 Å². The summed E-state index contributed by atoms with van der Waals surface area (Å²) in [6.07, 6.45) is 2.08. The van der Waals surface area contributed by atoms with Crippen LogP contribution in [0.5, 0.6) is 0 Å². The average Bonchev–Trinajstić information content (AvgIpc) is 3.43. The van der Waals surface area contributed by atoms with Crippen molar-refractivity contribution < 1.29 is 9.53 Å². The molecule has 6 nitrogen and oxygen atoms in total. The molecule has 0 spiro atoms. The Morgan fingerprint density at radius 2 is 1.97 bits per heavy atom. The van der Waals surface area contributed by atoms with Gasteiger partial charge in [0.05, 0.1) is 23.0 Å². The Morgan fingerprint density at radius 3 is 2.66 bits per heavy atom. The predicted molar refractivity (Wildman–Crippen MR) is 121 cm³/mol. The van der Waals surface area contributed by atoms with E-state index in [-0.39, 0.29) is 12.0 Å². The number of aromatic nitrogens is 2. The third kappa shape index (κ3) is 3.69. The molecule has 3 aromatic rings. The highest BCUT2D eigenvalue weighted by Crippen LogP contribution is 2.33. The molecule has 1 amide bonds. The first-order chi connectivity index (χ1) is 15.5. The smallest absolute Gasteiger partial charge is 0.253 e. The molecule has 1 N–H and O–H groups in total. The standard InChI is InChI=1S/C26H26N4O2/c1-16-5-8-20(12-22(16)24-17(2)28-25(29-24)23-4-3-11-32-23)26(31)30-14-21(15-30)19-9-6-18(13-27)7-10-19/h5-10,12,21,23H,3-4,11,14-15H2,1-2H3,(H,28,29). The second kappa shape index (κ2) is 8.25. The first-order valence-corrected chi connectivity index (χ1v) is 11.1. The summed E-state index contributed by atoms with van der Waals surface area (Å²) in [6, 6.07) is 15.7. The van der Waals surface area contributed by atoms with Crippen LogP contribution in [0.15, 0.2) is 42.5 Å². The van der Waals surface area contributed by atoms with E-state index in [9.17, 15) is 4.79 Å². The fourth-order valence-corrected chi connectivity index (χ4v) is 4.58. The number of H-pyrrole nitrogens is 1. The molecule has 2 aromatic carbocycles. The summed E-state index contributed by atoms with van der Waals surface area (Å²) in [5.41, 5.74) is 6.52. The van der Waals surface area contributed by atoms with Gasteiger partial charge >= 0.3 is 0 Å². The molecule has 3 heterocycles. The van der Waals surface area contributed by atoms with Gasteiger partial charge in [-0.05, 0) is 62.1 Å². The molecule has 0 radical (unpaired) electrons. The molecule has 2 aliphatic rings. The summed E-state index contributed by atoms with van der Waals surface area (Å²) in [7, 11) is 0. The number of likely N-dealkylation sites (tertiary alicyclic amines) is 1. The molecule has 0 aliphatic carbocycles. The van der Waals surface area contributed by atoms with Crippen molar-refractivity contribution in [1.82, 2.24) is 14.9 Å². The van der Waals surface area contributed by atoms with Gasteiger partial charge in [-0.3, -0.25) is 4.79 Å². The van der Waals surface area contributed by atoms with Gasteiger partial charge in [-0.15, -0.1) is 0 Å². The van der Waals surface area contributed by atoms with Gasteiger partial charge in [0, 0.05) is 36.7 Å². The van der Waals surface area contributed by atoms with E-state index in [1.807, 2.05) is 54.3 Å². The van der Waals surface area contributed by atoms with Crippen molar-refractivity contribution in [1.29, 1.82) is 5.26 Å². The number of nitrogens with zero attached hydrogens (tertiary/aromatic N) is 3. The highest BCUT2D eigenvalue weighted by Gasteiger charge is 2.32. The van der Waals surface area contributed by atoms with Crippen LogP contribution in [0.2, 0.25) is 0 Å². The molecule has 2 aliphatic heterocycles. The quantitative estimate of drug-likeness (QED) is 0.658. The second-order valence-corrected chi connectivity index (χ2v) is 8.75. The Balaban J connectivity index is 1.33. The molecule has 0 bridgehead atoms. The normalized spacial score (nSPS) is 18.4. The van der Waals surface area contributed by atoms with Crippen LogP contribution in [0.25, 0.3) is 11.3 Å². The van der Waals surface area contributed by atoms with E-state index in [1.165, 1.54) is 5.56 Å². The second-order valence-electron chi connectivity index (χ2n) is 8.75. The van der Waals surface area contributed by atoms with Crippen molar-refractivity contribution in [2.75, 3.05) is 19.7 Å². The van der Waals surface area contributed by atoms with Crippen LogP contribution in [0.3, 0.4) is 0 Å². The molecule has 2 saturated heterocycles. The molecule has 1 unspecified atom stereocenters. The van der Waals surface area contributed by atoms with Crippen molar-refractivity contribution in [3.05, 3.63) is 76.2 Å². The SMILES string of the molecule is Cc1ccc(C(=O)N2CC(c3ccc(C#N)cc3)C2)cc1-c1[nH]c(C2CCCO2)nc1C. The molecule has 0 saturated carbocycles. The monoisotopic (exact) mass is 426 g/mol. The number of hydrogen-bond acceptors (Lipinski definition) is 4. The number of imidazole rings is 1. The molecule has 1 atom stereocenters. The zero-order chi connectivity index (χ0) is 22.2. The van der Waals surface area contributed by atoms with Gasteiger partial charge < -0.3 is 14.6 Å². The van der Waals surface area contributed by atoms with Crippen molar-refractivity contribution >= 4 is 5.91 Å². The lowest BCUT2D eigenvalue weighted by Gasteiger charge is -2.39. The summed E-state index contributed by atoms with van der Waals surface area (Å²) in [6.45, 7) is 6.22. The van der Waals surface area contributed by atoms with Crippen molar-refractivity contribution in [2.24, 2.45) is 0 Å². The van der Waals surface area contributed by atoms with Gasteiger partial charge in [0.15, 0.2) is 0 Å². The first-order valence-electron chi connectivity index (χ1n) is 11.1. The number of carbonyl (C=O) groups excluding carboxylic acids is 1. The van der Waals surface area contributed by atoms with Crippen molar-refractivity contribution in [3.63, 3.8) is 0 Å². The molecule has 162 valence electrons. The lowest BCUT2D eigenvalue weighted by molar-refractivity contribution is 0.0602. The number of benzene rings is 2. The molecule has 6 heteroatoms. The number of nitriles is 1.